The molecule has 0 bridgehead atoms. The zero-order valence-electron chi connectivity index (χ0n) is 19.2. The Morgan fingerprint density at radius 3 is 2.17 bits per heavy atom. The van der Waals surface area contributed by atoms with E-state index in [0.29, 0.717) is 17.2 Å². The Kier molecular flexibility index (Phi) is 8.66. The number of anilines is 2. The molecule has 0 saturated carbocycles. The number of halogens is 3. The molecule has 0 aromatic heterocycles. The van der Waals surface area contributed by atoms with Gasteiger partial charge in [0.2, 0.25) is 5.91 Å². The van der Waals surface area contributed by atoms with Crippen molar-refractivity contribution >= 4 is 29.2 Å². The van der Waals surface area contributed by atoms with Crippen molar-refractivity contribution in [2.75, 3.05) is 17.2 Å². The van der Waals surface area contributed by atoms with Crippen LogP contribution in [0.1, 0.15) is 24.0 Å². The molecule has 7 nitrogen and oxygen atoms in total. The summed E-state index contributed by atoms with van der Waals surface area (Å²) < 4.78 is 49.5. The molecule has 0 saturated heterocycles. The lowest BCUT2D eigenvalue weighted by molar-refractivity contribution is -0.148. The van der Waals surface area contributed by atoms with Gasteiger partial charge < -0.3 is 20.1 Å². The number of nitrogens with one attached hydrogen (secondary N) is 2. The van der Waals surface area contributed by atoms with Crippen molar-refractivity contribution in [3.63, 3.8) is 0 Å². The Balaban J connectivity index is 1.40. The third kappa shape index (κ3) is 7.86. The summed E-state index contributed by atoms with van der Waals surface area (Å²) in [6.45, 7) is 1.14. The Morgan fingerprint density at radius 1 is 0.806 bits per heavy atom. The van der Waals surface area contributed by atoms with E-state index < -0.39 is 41.8 Å². The molecule has 3 rings (SSSR count). The van der Waals surface area contributed by atoms with Gasteiger partial charge in [-0.3, -0.25) is 14.4 Å². The van der Waals surface area contributed by atoms with Crippen molar-refractivity contribution in [2.45, 2.75) is 25.9 Å². The molecule has 0 heterocycles. The molecule has 0 unspecified atom stereocenters. The summed E-state index contributed by atoms with van der Waals surface area (Å²) in [5.74, 6) is -0.931. The average molecular weight is 500 g/mol. The molecule has 2 amide bonds. The van der Waals surface area contributed by atoms with E-state index in [1.54, 1.807) is 24.3 Å². The minimum Gasteiger partial charge on any atom is -0.457 e. The molecule has 188 valence electrons. The fourth-order valence-corrected chi connectivity index (χ4v) is 3.09. The third-order valence-electron chi connectivity index (χ3n) is 4.89. The van der Waals surface area contributed by atoms with Gasteiger partial charge in [0.25, 0.3) is 5.91 Å². The standard InChI is InChI=1S/C26H23F3N2O5/c1-17-6-2-5-9-22(17)36-19-12-10-18(11-13-19)30-23(32)14-15-25(34)35-16-24(33)31-21-8-4-3-7-20(21)26(27,28)29/h2-13H,14-16H2,1H3,(H,30,32)(H,31,33). The zero-order chi connectivity index (χ0) is 26.1. The fourth-order valence-electron chi connectivity index (χ4n) is 3.09. The first-order chi connectivity index (χ1) is 17.1. The van der Waals surface area contributed by atoms with E-state index in [0.717, 1.165) is 17.7 Å². The molecule has 0 radical (unpaired) electrons. The van der Waals surface area contributed by atoms with Crippen molar-refractivity contribution in [3.05, 3.63) is 83.9 Å². The first kappa shape index (κ1) is 26.3. The van der Waals surface area contributed by atoms with Crippen molar-refractivity contribution in [3.8, 4) is 11.5 Å². The Bertz CT molecular complexity index is 1230. The van der Waals surface area contributed by atoms with E-state index in [1.165, 1.54) is 12.1 Å². The molecule has 36 heavy (non-hydrogen) atoms. The Hall–Kier alpha value is -4.34. The number of hydrogen-bond donors (Lipinski definition) is 2. The van der Waals surface area contributed by atoms with Crippen LogP contribution >= 0.6 is 0 Å². The highest BCUT2D eigenvalue weighted by atomic mass is 19.4. The number of amides is 2. The molecule has 3 aromatic carbocycles. The van der Waals surface area contributed by atoms with Gasteiger partial charge in [0.15, 0.2) is 6.61 Å². The number of esters is 1. The quantitative estimate of drug-likeness (QED) is 0.367. The van der Waals surface area contributed by atoms with Gasteiger partial charge in [-0.25, -0.2) is 0 Å². The third-order valence-corrected chi connectivity index (χ3v) is 4.89. The van der Waals surface area contributed by atoms with E-state index in [2.05, 4.69) is 10.6 Å². The van der Waals surface area contributed by atoms with Gasteiger partial charge in [0.05, 0.1) is 17.7 Å². The molecule has 0 aliphatic heterocycles. The average Bonchev–Trinajstić information content (AvgIpc) is 2.84. The molecule has 0 atom stereocenters. The lowest BCUT2D eigenvalue weighted by Gasteiger charge is -2.13. The van der Waals surface area contributed by atoms with E-state index >= 15 is 0 Å². The number of aryl methyl sites for hydroxylation is 1. The minimum atomic E-state index is -4.65. The van der Waals surface area contributed by atoms with Gasteiger partial charge in [-0.15, -0.1) is 0 Å². The molecule has 0 aliphatic carbocycles. The van der Waals surface area contributed by atoms with Crippen LogP contribution in [0.15, 0.2) is 72.8 Å². The molecule has 3 aromatic rings. The highest BCUT2D eigenvalue weighted by Crippen LogP contribution is 2.34. The van der Waals surface area contributed by atoms with Crippen LogP contribution in [-0.2, 0) is 25.3 Å². The number of carbonyl (C=O) groups excluding carboxylic acids is 3. The van der Waals surface area contributed by atoms with Gasteiger partial charge >= 0.3 is 12.1 Å². The summed E-state index contributed by atoms with van der Waals surface area (Å²) in [6.07, 6.45) is -5.17. The lowest BCUT2D eigenvalue weighted by atomic mass is 10.1. The Morgan fingerprint density at radius 2 is 1.47 bits per heavy atom. The highest BCUT2D eigenvalue weighted by molar-refractivity contribution is 5.95. The zero-order valence-corrected chi connectivity index (χ0v) is 19.2. The van der Waals surface area contributed by atoms with Crippen molar-refractivity contribution < 1.29 is 37.0 Å². The number of rotatable bonds is 9. The second-order valence-corrected chi connectivity index (χ2v) is 7.69. The number of carbonyl (C=O) groups is 3. The van der Waals surface area contributed by atoms with Crippen LogP contribution in [0.25, 0.3) is 0 Å². The van der Waals surface area contributed by atoms with Crippen LogP contribution in [0.4, 0.5) is 24.5 Å². The Labute approximate surface area is 205 Å². The second-order valence-electron chi connectivity index (χ2n) is 7.69. The van der Waals surface area contributed by atoms with Crippen molar-refractivity contribution in [1.29, 1.82) is 0 Å². The van der Waals surface area contributed by atoms with Gasteiger partial charge in [0, 0.05) is 12.1 Å². The predicted molar refractivity (Wildman–Crippen MR) is 127 cm³/mol. The molecular formula is C26H23F3N2O5. The number of benzene rings is 3. The van der Waals surface area contributed by atoms with E-state index in [9.17, 15) is 27.6 Å². The molecular weight excluding hydrogens is 477 g/mol. The van der Waals surface area contributed by atoms with Crippen LogP contribution in [0.3, 0.4) is 0 Å². The number of alkyl halides is 3. The summed E-state index contributed by atoms with van der Waals surface area (Å²) in [5.41, 5.74) is 0.00968. The summed E-state index contributed by atoms with van der Waals surface area (Å²) in [4.78, 5) is 35.9. The first-order valence-corrected chi connectivity index (χ1v) is 10.9. The lowest BCUT2D eigenvalue weighted by Crippen LogP contribution is -2.23. The first-order valence-electron chi connectivity index (χ1n) is 10.9. The van der Waals surface area contributed by atoms with E-state index in [4.69, 9.17) is 9.47 Å². The van der Waals surface area contributed by atoms with Crippen LogP contribution in [0, 0.1) is 6.92 Å². The smallest absolute Gasteiger partial charge is 0.418 e. The highest BCUT2D eigenvalue weighted by Gasteiger charge is 2.33. The maximum Gasteiger partial charge on any atom is 0.418 e. The van der Waals surface area contributed by atoms with Crippen LogP contribution in [0.5, 0.6) is 11.5 Å². The van der Waals surface area contributed by atoms with Crippen LogP contribution in [0.2, 0.25) is 0 Å². The van der Waals surface area contributed by atoms with Gasteiger partial charge in [-0.2, -0.15) is 13.2 Å². The monoisotopic (exact) mass is 500 g/mol. The van der Waals surface area contributed by atoms with E-state index in [-0.39, 0.29) is 12.8 Å². The maximum atomic E-state index is 13.0. The predicted octanol–water partition coefficient (Wildman–Crippen LogP) is 5.71. The normalized spacial score (nSPS) is 10.9. The van der Waals surface area contributed by atoms with E-state index in [1.807, 2.05) is 31.2 Å². The largest absolute Gasteiger partial charge is 0.457 e. The minimum absolute atomic E-state index is 0.210. The number of para-hydroxylation sites is 2. The molecule has 0 fully saturated rings. The SMILES string of the molecule is Cc1ccccc1Oc1ccc(NC(=O)CCC(=O)OCC(=O)Nc2ccccc2C(F)(F)F)cc1. The molecule has 0 spiro atoms. The summed E-state index contributed by atoms with van der Waals surface area (Å²) >= 11 is 0. The molecule has 2 N–H and O–H groups in total. The molecule has 10 heteroatoms. The summed E-state index contributed by atoms with van der Waals surface area (Å²) in [6, 6.07) is 18.6. The molecule has 0 aliphatic rings. The topological polar surface area (TPSA) is 93.7 Å². The number of hydrogen-bond acceptors (Lipinski definition) is 5. The number of ether oxygens (including phenoxy) is 2. The van der Waals surface area contributed by atoms with Crippen LogP contribution in [-0.4, -0.2) is 24.4 Å². The fraction of sp³-hybridized carbons (Fsp3) is 0.192. The second kappa shape index (κ2) is 11.9. The maximum absolute atomic E-state index is 13.0. The van der Waals surface area contributed by atoms with Gasteiger partial charge in [-0.05, 0) is 55.0 Å². The van der Waals surface area contributed by atoms with Gasteiger partial charge in [0.1, 0.15) is 11.5 Å². The van der Waals surface area contributed by atoms with Gasteiger partial charge in [-0.1, -0.05) is 30.3 Å². The summed E-state index contributed by atoms with van der Waals surface area (Å²) in [7, 11) is 0. The van der Waals surface area contributed by atoms with Crippen LogP contribution < -0.4 is 15.4 Å². The van der Waals surface area contributed by atoms with Crippen molar-refractivity contribution in [1.82, 2.24) is 0 Å². The summed E-state index contributed by atoms with van der Waals surface area (Å²) in [5, 5.41) is 4.70. The van der Waals surface area contributed by atoms with Crippen molar-refractivity contribution in [2.24, 2.45) is 0 Å².